The van der Waals surface area contributed by atoms with Gasteiger partial charge in [-0.1, -0.05) is 0 Å². The number of carbonyl (C=O) groups excluding carboxylic acids is 1. The molecule has 6 nitrogen and oxygen atoms in total. The zero-order valence-corrected chi connectivity index (χ0v) is 12.2. The minimum absolute atomic E-state index is 0.168. The van der Waals surface area contributed by atoms with Crippen molar-refractivity contribution in [3.63, 3.8) is 0 Å². The van der Waals surface area contributed by atoms with Crippen molar-refractivity contribution in [2.24, 2.45) is 0 Å². The zero-order valence-electron chi connectivity index (χ0n) is 12.2. The maximum Gasteiger partial charge on any atom is 0.236 e. The third-order valence-corrected chi connectivity index (χ3v) is 3.62. The zero-order chi connectivity index (χ0) is 14.4. The second-order valence-electron chi connectivity index (χ2n) is 5.16. The van der Waals surface area contributed by atoms with Gasteiger partial charge in [0.25, 0.3) is 0 Å². The van der Waals surface area contributed by atoms with E-state index in [-0.39, 0.29) is 11.9 Å². The number of hydrogen-bond acceptors (Lipinski definition) is 5. The van der Waals surface area contributed by atoms with Gasteiger partial charge in [0.15, 0.2) is 0 Å². The van der Waals surface area contributed by atoms with E-state index in [2.05, 4.69) is 21.8 Å². The summed E-state index contributed by atoms with van der Waals surface area (Å²) in [4.78, 5) is 24.4. The number of hydrogen-bond donors (Lipinski definition) is 0. The summed E-state index contributed by atoms with van der Waals surface area (Å²) in [5, 5.41) is 0. The maximum atomic E-state index is 12.2. The number of nitrogens with zero attached hydrogens (tertiary/aromatic N) is 4. The number of likely N-dealkylation sites (N-methyl/N-ethyl adjacent to an activating group) is 1. The van der Waals surface area contributed by atoms with Crippen LogP contribution in [0.3, 0.4) is 0 Å². The standard InChI is InChI=1S/C14H22N4O2/c1-12(9-13-10-15-3-4-16-13)17(2)11-14(19)18-5-7-20-8-6-18/h3-4,10,12H,5-9,11H2,1-2H3/t12-/m1/s1. The second kappa shape index (κ2) is 7.31. The SMILES string of the molecule is C[C@H](Cc1cnccn1)N(C)CC(=O)N1CCOCC1. The lowest BCUT2D eigenvalue weighted by molar-refractivity contribution is -0.136. The minimum Gasteiger partial charge on any atom is -0.378 e. The predicted octanol–water partition coefficient (Wildman–Crippen LogP) is 0.198. The largest absolute Gasteiger partial charge is 0.378 e. The molecule has 6 heteroatoms. The molecule has 0 aliphatic carbocycles. The Morgan fingerprint density at radius 3 is 2.85 bits per heavy atom. The van der Waals surface area contributed by atoms with Crippen LogP contribution in [0, 0.1) is 0 Å². The number of aromatic nitrogens is 2. The van der Waals surface area contributed by atoms with E-state index < -0.39 is 0 Å². The van der Waals surface area contributed by atoms with E-state index in [0.29, 0.717) is 32.8 Å². The fraction of sp³-hybridized carbons (Fsp3) is 0.643. The van der Waals surface area contributed by atoms with Crippen LogP contribution in [0.5, 0.6) is 0 Å². The van der Waals surface area contributed by atoms with Crippen LogP contribution in [-0.4, -0.2) is 71.6 Å². The van der Waals surface area contributed by atoms with E-state index in [4.69, 9.17) is 4.74 Å². The summed E-state index contributed by atoms with van der Waals surface area (Å²) >= 11 is 0. The fourth-order valence-corrected chi connectivity index (χ4v) is 2.18. The molecule has 1 aromatic heterocycles. The number of morpholine rings is 1. The molecule has 1 aromatic rings. The van der Waals surface area contributed by atoms with E-state index in [1.165, 1.54) is 0 Å². The first kappa shape index (κ1) is 14.9. The highest BCUT2D eigenvalue weighted by molar-refractivity contribution is 5.78. The molecule has 20 heavy (non-hydrogen) atoms. The molecule has 1 fully saturated rings. The van der Waals surface area contributed by atoms with Gasteiger partial charge in [0.1, 0.15) is 0 Å². The van der Waals surface area contributed by atoms with Gasteiger partial charge in [-0.25, -0.2) is 0 Å². The topological polar surface area (TPSA) is 58.6 Å². The normalized spacial score (nSPS) is 17.2. The Morgan fingerprint density at radius 2 is 2.20 bits per heavy atom. The van der Waals surface area contributed by atoms with Crippen molar-refractivity contribution < 1.29 is 9.53 Å². The Morgan fingerprint density at radius 1 is 1.45 bits per heavy atom. The lowest BCUT2D eigenvalue weighted by Gasteiger charge is -2.30. The van der Waals surface area contributed by atoms with Gasteiger partial charge in [0, 0.05) is 44.1 Å². The molecule has 0 bridgehead atoms. The number of carbonyl (C=O) groups is 1. The van der Waals surface area contributed by atoms with Crippen LogP contribution < -0.4 is 0 Å². The summed E-state index contributed by atoms with van der Waals surface area (Å²) in [7, 11) is 1.97. The van der Waals surface area contributed by atoms with E-state index in [1.807, 2.05) is 11.9 Å². The first-order valence-corrected chi connectivity index (χ1v) is 6.97. The van der Waals surface area contributed by atoms with Gasteiger partial charge in [-0.3, -0.25) is 19.7 Å². The molecule has 1 saturated heterocycles. The average Bonchev–Trinajstić information content (AvgIpc) is 2.49. The van der Waals surface area contributed by atoms with Crippen LogP contribution in [0.4, 0.5) is 0 Å². The average molecular weight is 278 g/mol. The third kappa shape index (κ3) is 4.25. The minimum atomic E-state index is 0.168. The summed E-state index contributed by atoms with van der Waals surface area (Å²) in [5.74, 6) is 0.168. The van der Waals surface area contributed by atoms with E-state index >= 15 is 0 Å². The van der Waals surface area contributed by atoms with Gasteiger partial charge in [-0.15, -0.1) is 0 Å². The molecule has 0 N–H and O–H groups in total. The van der Waals surface area contributed by atoms with Crippen molar-refractivity contribution in [1.82, 2.24) is 19.8 Å². The second-order valence-corrected chi connectivity index (χ2v) is 5.16. The summed E-state index contributed by atoms with van der Waals surface area (Å²) in [6, 6.07) is 0.247. The van der Waals surface area contributed by atoms with Crippen molar-refractivity contribution in [2.45, 2.75) is 19.4 Å². The van der Waals surface area contributed by atoms with Crippen LogP contribution in [0.15, 0.2) is 18.6 Å². The van der Waals surface area contributed by atoms with E-state index in [9.17, 15) is 4.79 Å². The summed E-state index contributed by atoms with van der Waals surface area (Å²) in [6.45, 7) is 5.22. The van der Waals surface area contributed by atoms with Crippen molar-refractivity contribution >= 4 is 5.91 Å². The van der Waals surface area contributed by atoms with Gasteiger partial charge in [0.05, 0.1) is 25.5 Å². The molecule has 2 heterocycles. The first-order chi connectivity index (χ1) is 9.66. The Bertz CT molecular complexity index is 420. The molecule has 0 radical (unpaired) electrons. The number of rotatable bonds is 5. The molecule has 2 rings (SSSR count). The third-order valence-electron chi connectivity index (χ3n) is 3.62. The molecule has 110 valence electrons. The molecule has 1 aliphatic heterocycles. The van der Waals surface area contributed by atoms with Crippen molar-refractivity contribution in [3.8, 4) is 0 Å². The van der Waals surface area contributed by atoms with E-state index in [1.54, 1.807) is 18.6 Å². The van der Waals surface area contributed by atoms with E-state index in [0.717, 1.165) is 12.1 Å². The number of ether oxygens (including phenoxy) is 1. The molecule has 0 aromatic carbocycles. The lowest BCUT2D eigenvalue weighted by Crippen LogP contribution is -2.46. The molecule has 0 saturated carbocycles. The summed E-state index contributed by atoms with van der Waals surface area (Å²) < 4.78 is 5.26. The molecular formula is C14H22N4O2. The summed E-state index contributed by atoms with van der Waals surface area (Å²) in [5.41, 5.74) is 0.950. The van der Waals surface area contributed by atoms with Crippen LogP contribution in [0.1, 0.15) is 12.6 Å². The first-order valence-electron chi connectivity index (χ1n) is 6.97. The highest BCUT2D eigenvalue weighted by atomic mass is 16.5. The van der Waals surface area contributed by atoms with Crippen LogP contribution in [0.25, 0.3) is 0 Å². The van der Waals surface area contributed by atoms with Crippen molar-refractivity contribution in [1.29, 1.82) is 0 Å². The quantitative estimate of drug-likeness (QED) is 0.770. The summed E-state index contributed by atoms with van der Waals surface area (Å²) in [6.07, 6.45) is 5.93. The molecule has 1 amide bonds. The molecule has 0 spiro atoms. The Hall–Kier alpha value is -1.53. The van der Waals surface area contributed by atoms with Crippen LogP contribution in [0.2, 0.25) is 0 Å². The van der Waals surface area contributed by atoms with Gasteiger partial charge < -0.3 is 9.64 Å². The highest BCUT2D eigenvalue weighted by Crippen LogP contribution is 2.05. The van der Waals surface area contributed by atoms with Crippen molar-refractivity contribution in [3.05, 3.63) is 24.3 Å². The van der Waals surface area contributed by atoms with Gasteiger partial charge in [-0.2, -0.15) is 0 Å². The molecule has 1 aliphatic rings. The van der Waals surface area contributed by atoms with Crippen LogP contribution >= 0.6 is 0 Å². The maximum absolute atomic E-state index is 12.2. The molecule has 0 unspecified atom stereocenters. The molecule has 1 atom stereocenters. The Balaban J connectivity index is 1.81. The van der Waals surface area contributed by atoms with Crippen LogP contribution in [-0.2, 0) is 16.0 Å². The molecular weight excluding hydrogens is 256 g/mol. The lowest BCUT2D eigenvalue weighted by atomic mass is 10.1. The Labute approximate surface area is 119 Å². The highest BCUT2D eigenvalue weighted by Gasteiger charge is 2.20. The smallest absolute Gasteiger partial charge is 0.236 e. The van der Waals surface area contributed by atoms with Crippen molar-refractivity contribution in [2.75, 3.05) is 39.9 Å². The van der Waals surface area contributed by atoms with Gasteiger partial charge >= 0.3 is 0 Å². The Kier molecular flexibility index (Phi) is 5.43. The fourth-order valence-electron chi connectivity index (χ4n) is 2.18. The predicted molar refractivity (Wildman–Crippen MR) is 75.2 cm³/mol. The van der Waals surface area contributed by atoms with Gasteiger partial charge in [0.2, 0.25) is 5.91 Å². The van der Waals surface area contributed by atoms with Gasteiger partial charge in [-0.05, 0) is 14.0 Å². The monoisotopic (exact) mass is 278 g/mol. The number of amides is 1.